The number of para-hydroxylation sites is 1. The third-order valence-corrected chi connectivity index (χ3v) is 5.68. The van der Waals surface area contributed by atoms with Crippen LogP contribution in [0.2, 0.25) is 0 Å². The molecule has 2 aromatic carbocycles. The van der Waals surface area contributed by atoms with E-state index < -0.39 is 6.10 Å². The van der Waals surface area contributed by atoms with Gasteiger partial charge in [-0.2, -0.15) is 5.26 Å². The highest BCUT2D eigenvalue weighted by atomic mass is 16.5. The van der Waals surface area contributed by atoms with Gasteiger partial charge in [0, 0.05) is 38.3 Å². The number of methoxy groups -OCH3 is 2. The first kappa shape index (κ1) is 23.4. The van der Waals surface area contributed by atoms with Gasteiger partial charge in [0.1, 0.15) is 23.3 Å². The van der Waals surface area contributed by atoms with E-state index in [-0.39, 0.29) is 11.8 Å². The van der Waals surface area contributed by atoms with Crippen LogP contribution in [0.5, 0.6) is 17.2 Å². The van der Waals surface area contributed by atoms with Crippen LogP contribution in [0, 0.1) is 17.2 Å². The number of benzene rings is 2. The quantitative estimate of drug-likeness (QED) is 0.631. The van der Waals surface area contributed by atoms with Gasteiger partial charge in [-0.3, -0.25) is 9.69 Å². The van der Waals surface area contributed by atoms with Crippen LogP contribution >= 0.6 is 0 Å². The van der Waals surface area contributed by atoms with Crippen LogP contribution in [0.3, 0.4) is 0 Å². The molecule has 1 fully saturated rings. The molecule has 0 aromatic heterocycles. The number of nitriles is 1. The van der Waals surface area contributed by atoms with Gasteiger partial charge in [0.25, 0.3) is 5.91 Å². The fraction of sp³-hybridized carbons (Fsp3) is 0.440. The van der Waals surface area contributed by atoms with E-state index in [1.807, 2.05) is 43.0 Å². The molecule has 0 bridgehead atoms. The van der Waals surface area contributed by atoms with Gasteiger partial charge in [-0.25, -0.2) is 0 Å². The molecular formula is C25H31N3O4. The van der Waals surface area contributed by atoms with Crippen molar-refractivity contribution in [2.75, 3.05) is 40.4 Å². The predicted octanol–water partition coefficient (Wildman–Crippen LogP) is 3.32. The van der Waals surface area contributed by atoms with Crippen molar-refractivity contribution in [3.63, 3.8) is 0 Å². The standard InChI is InChI=1S/C25H31N3O4/c1-18(2)24(32-23-8-6-5-7-19(23)16-26)25(29)28-13-11-27(12-14-28)17-20-15-21(30-3)9-10-22(20)31-4/h5-10,15,18,24H,11-14,17H2,1-4H3. The van der Waals surface area contributed by atoms with Gasteiger partial charge in [0.15, 0.2) is 6.10 Å². The Labute approximate surface area is 190 Å². The van der Waals surface area contributed by atoms with E-state index in [1.54, 1.807) is 32.4 Å². The first-order valence-electron chi connectivity index (χ1n) is 10.8. The van der Waals surface area contributed by atoms with E-state index in [9.17, 15) is 10.1 Å². The molecule has 1 amide bonds. The molecule has 2 aromatic rings. The number of carbonyl (C=O) groups is 1. The summed E-state index contributed by atoms with van der Waals surface area (Å²) < 4.78 is 16.9. The predicted molar refractivity (Wildman–Crippen MR) is 122 cm³/mol. The third-order valence-electron chi connectivity index (χ3n) is 5.68. The Kier molecular flexibility index (Phi) is 7.96. The molecule has 1 heterocycles. The Bertz CT molecular complexity index is 962. The van der Waals surface area contributed by atoms with Crippen LogP contribution in [-0.2, 0) is 11.3 Å². The van der Waals surface area contributed by atoms with E-state index in [4.69, 9.17) is 14.2 Å². The Morgan fingerprint density at radius 3 is 2.38 bits per heavy atom. The number of carbonyl (C=O) groups excluding carboxylic acids is 1. The van der Waals surface area contributed by atoms with Crippen molar-refractivity contribution < 1.29 is 19.0 Å². The lowest BCUT2D eigenvalue weighted by molar-refractivity contribution is -0.142. The monoisotopic (exact) mass is 437 g/mol. The number of amides is 1. The molecule has 0 saturated carbocycles. The molecule has 7 heteroatoms. The minimum atomic E-state index is -0.630. The van der Waals surface area contributed by atoms with Crippen LogP contribution in [0.15, 0.2) is 42.5 Å². The van der Waals surface area contributed by atoms with Crippen molar-refractivity contribution >= 4 is 5.91 Å². The zero-order chi connectivity index (χ0) is 23.1. The van der Waals surface area contributed by atoms with Crippen LogP contribution in [0.1, 0.15) is 25.0 Å². The summed E-state index contributed by atoms with van der Waals surface area (Å²) in [6.45, 7) is 7.40. The van der Waals surface area contributed by atoms with E-state index in [0.29, 0.717) is 24.4 Å². The summed E-state index contributed by atoms with van der Waals surface area (Å²) in [6.07, 6.45) is -0.630. The van der Waals surface area contributed by atoms with Gasteiger partial charge in [-0.05, 0) is 36.2 Å². The summed E-state index contributed by atoms with van der Waals surface area (Å²) >= 11 is 0. The molecule has 1 atom stereocenters. The molecule has 0 radical (unpaired) electrons. The number of ether oxygens (including phenoxy) is 3. The van der Waals surface area contributed by atoms with Crippen molar-refractivity contribution in [2.24, 2.45) is 5.92 Å². The second-order valence-corrected chi connectivity index (χ2v) is 8.17. The fourth-order valence-corrected chi connectivity index (χ4v) is 3.82. The molecule has 3 rings (SSSR count). The summed E-state index contributed by atoms with van der Waals surface area (Å²) in [5.74, 6) is 2.02. The van der Waals surface area contributed by atoms with Gasteiger partial charge in [-0.1, -0.05) is 26.0 Å². The van der Waals surface area contributed by atoms with Crippen molar-refractivity contribution in [3.05, 3.63) is 53.6 Å². The first-order chi connectivity index (χ1) is 15.5. The lowest BCUT2D eigenvalue weighted by Gasteiger charge is -2.37. The highest BCUT2D eigenvalue weighted by Crippen LogP contribution is 2.26. The highest BCUT2D eigenvalue weighted by molar-refractivity contribution is 5.81. The summed E-state index contributed by atoms with van der Waals surface area (Å²) in [6, 6.07) is 14.9. The Morgan fingerprint density at radius 2 is 1.75 bits per heavy atom. The van der Waals surface area contributed by atoms with E-state index in [2.05, 4.69) is 11.0 Å². The molecule has 0 N–H and O–H groups in total. The van der Waals surface area contributed by atoms with E-state index in [0.717, 1.165) is 36.7 Å². The Balaban J connectivity index is 1.63. The highest BCUT2D eigenvalue weighted by Gasteiger charge is 2.31. The lowest BCUT2D eigenvalue weighted by atomic mass is 10.0. The second-order valence-electron chi connectivity index (χ2n) is 8.17. The fourth-order valence-electron chi connectivity index (χ4n) is 3.82. The molecule has 0 spiro atoms. The largest absolute Gasteiger partial charge is 0.497 e. The molecule has 1 unspecified atom stereocenters. The lowest BCUT2D eigenvalue weighted by Crippen LogP contribution is -2.53. The zero-order valence-electron chi connectivity index (χ0n) is 19.2. The Morgan fingerprint density at radius 1 is 1.03 bits per heavy atom. The molecule has 170 valence electrons. The summed E-state index contributed by atoms with van der Waals surface area (Å²) in [7, 11) is 3.32. The van der Waals surface area contributed by atoms with Crippen molar-refractivity contribution in [3.8, 4) is 23.3 Å². The van der Waals surface area contributed by atoms with E-state index in [1.165, 1.54) is 0 Å². The minimum Gasteiger partial charge on any atom is -0.497 e. The zero-order valence-corrected chi connectivity index (χ0v) is 19.2. The summed E-state index contributed by atoms with van der Waals surface area (Å²) in [5, 5.41) is 9.33. The average molecular weight is 438 g/mol. The SMILES string of the molecule is COc1ccc(OC)c(CN2CCN(C(=O)C(Oc3ccccc3C#N)C(C)C)CC2)c1. The molecule has 0 aliphatic carbocycles. The number of rotatable bonds is 8. The molecule has 32 heavy (non-hydrogen) atoms. The molecule has 1 aliphatic rings. The maximum atomic E-state index is 13.3. The smallest absolute Gasteiger partial charge is 0.264 e. The number of piperazine rings is 1. The van der Waals surface area contributed by atoms with Crippen molar-refractivity contribution in [2.45, 2.75) is 26.5 Å². The van der Waals surface area contributed by atoms with Gasteiger partial charge in [0.05, 0.1) is 19.8 Å². The maximum absolute atomic E-state index is 13.3. The van der Waals surface area contributed by atoms with Gasteiger partial charge in [0.2, 0.25) is 0 Å². The summed E-state index contributed by atoms with van der Waals surface area (Å²) in [4.78, 5) is 17.4. The van der Waals surface area contributed by atoms with Gasteiger partial charge < -0.3 is 19.1 Å². The van der Waals surface area contributed by atoms with Crippen LogP contribution in [0.25, 0.3) is 0 Å². The van der Waals surface area contributed by atoms with Crippen molar-refractivity contribution in [1.82, 2.24) is 9.80 Å². The topological polar surface area (TPSA) is 75.0 Å². The third kappa shape index (κ3) is 5.51. The second kappa shape index (κ2) is 10.9. The first-order valence-corrected chi connectivity index (χ1v) is 10.8. The average Bonchev–Trinajstić information content (AvgIpc) is 2.82. The molecule has 1 aliphatic heterocycles. The number of nitrogens with zero attached hydrogens (tertiary/aromatic N) is 3. The minimum absolute atomic E-state index is 0.0201. The van der Waals surface area contributed by atoms with Gasteiger partial charge in [-0.15, -0.1) is 0 Å². The van der Waals surface area contributed by atoms with E-state index >= 15 is 0 Å². The van der Waals surface area contributed by atoms with Crippen LogP contribution in [0.4, 0.5) is 0 Å². The summed E-state index contributed by atoms with van der Waals surface area (Å²) in [5.41, 5.74) is 1.49. The Hall–Kier alpha value is -3.24. The van der Waals surface area contributed by atoms with Crippen molar-refractivity contribution in [1.29, 1.82) is 5.26 Å². The van der Waals surface area contributed by atoms with Crippen LogP contribution < -0.4 is 14.2 Å². The normalized spacial score (nSPS) is 15.2. The number of hydrogen-bond donors (Lipinski definition) is 0. The molecular weight excluding hydrogens is 406 g/mol. The molecule has 7 nitrogen and oxygen atoms in total. The molecule has 1 saturated heterocycles. The van der Waals surface area contributed by atoms with Crippen LogP contribution in [-0.4, -0.2) is 62.2 Å². The van der Waals surface area contributed by atoms with Gasteiger partial charge >= 0.3 is 0 Å². The maximum Gasteiger partial charge on any atom is 0.264 e. The number of hydrogen-bond acceptors (Lipinski definition) is 6.